The fourth-order valence-corrected chi connectivity index (χ4v) is 4.16. The second kappa shape index (κ2) is 13.5. The molecule has 2 saturated heterocycles. The van der Waals surface area contributed by atoms with Crippen molar-refractivity contribution in [3.05, 3.63) is 32.6 Å². The van der Waals surface area contributed by atoms with Crippen molar-refractivity contribution in [2.45, 2.75) is 25.7 Å². The molecule has 4 heterocycles. The van der Waals surface area contributed by atoms with Crippen LogP contribution in [0.4, 0.5) is 11.6 Å². The molecule has 4 rings (SSSR count). The van der Waals surface area contributed by atoms with Crippen molar-refractivity contribution in [1.82, 2.24) is 19.9 Å². The molecular weight excluding hydrogens is 554 g/mol. The highest BCUT2D eigenvalue weighted by Crippen LogP contribution is 2.20. The molecule has 11 heteroatoms. The van der Waals surface area contributed by atoms with E-state index in [1.165, 1.54) is 6.20 Å². The maximum Gasteiger partial charge on any atom is 0.172 e. The van der Waals surface area contributed by atoms with Gasteiger partial charge in [-0.05, 0) is 60.1 Å². The molecule has 0 radical (unpaired) electrons. The minimum atomic E-state index is 0.423. The normalized spacial score (nSPS) is 17.5. The molecule has 0 spiro atoms. The Morgan fingerprint density at radius 2 is 1.48 bits per heavy atom. The average molecular weight is 581 g/mol. The highest BCUT2D eigenvalue weighted by molar-refractivity contribution is 14.1. The highest BCUT2D eigenvalue weighted by Gasteiger charge is 2.15. The molecule has 0 amide bonds. The second-order valence-electron chi connectivity index (χ2n) is 7.43. The third-order valence-corrected chi connectivity index (χ3v) is 6.08. The number of rotatable bonds is 6. The summed E-state index contributed by atoms with van der Waals surface area (Å²) in [5.74, 6) is 2.73. The number of anilines is 2. The Balaban J connectivity index is 0.000000176. The van der Waals surface area contributed by atoms with Gasteiger partial charge in [0.25, 0.3) is 0 Å². The highest BCUT2D eigenvalue weighted by atomic mass is 127. The predicted octanol–water partition coefficient (Wildman–Crippen LogP) is 4.54. The first-order chi connectivity index (χ1) is 15.1. The molecule has 0 atom stereocenters. The number of nitrogens with zero attached hydrogens (tertiary/aromatic N) is 4. The standard InChI is InChI=1S/C10H13ClIN3O.C10H14ClN3O/c11-9-10(14-6-8(12)15-9)13-5-7-1-3-16-4-2-7;11-9-6-12-7-10(14-9)13-5-8-1-3-15-4-2-8/h6-7H,1-5H2,(H,13,14);6-8H,1-5H2,(H,13,14). The Morgan fingerprint density at radius 1 is 0.871 bits per heavy atom. The van der Waals surface area contributed by atoms with E-state index in [-0.39, 0.29) is 0 Å². The number of hydrogen-bond acceptors (Lipinski definition) is 8. The zero-order chi connectivity index (χ0) is 21.9. The fraction of sp³-hybridized carbons (Fsp3) is 0.600. The van der Waals surface area contributed by atoms with Gasteiger partial charge in [-0.15, -0.1) is 0 Å². The van der Waals surface area contributed by atoms with Crippen LogP contribution in [0.1, 0.15) is 25.7 Å². The maximum absolute atomic E-state index is 5.98. The third kappa shape index (κ3) is 9.17. The summed E-state index contributed by atoms with van der Waals surface area (Å²) in [6.07, 6.45) is 9.35. The topological polar surface area (TPSA) is 94.1 Å². The lowest BCUT2D eigenvalue weighted by molar-refractivity contribution is 0.0698. The zero-order valence-electron chi connectivity index (χ0n) is 17.2. The number of ether oxygens (including phenoxy) is 2. The summed E-state index contributed by atoms with van der Waals surface area (Å²) in [5.41, 5.74) is 0. The minimum absolute atomic E-state index is 0.423. The Kier molecular flexibility index (Phi) is 10.7. The third-order valence-electron chi connectivity index (χ3n) is 5.12. The largest absolute Gasteiger partial charge is 0.381 e. The summed E-state index contributed by atoms with van der Waals surface area (Å²) in [5, 5.41) is 7.35. The van der Waals surface area contributed by atoms with Crippen LogP contribution in [0, 0.1) is 15.5 Å². The first kappa shape index (κ1) is 24.6. The zero-order valence-corrected chi connectivity index (χ0v) is 20.9. The lowest BCUT2D eigenvalue weighted by atomic mass is 10.0. The molecule has 0 bridgehead atoms. The quantitative estimate of drug-likeness (QED) is 0.481. The Labute approximate surface area is 206 Å². The second-order valence-corrected chi connectivity index (χ2v) is 9.28. The van der Waals surface area contributed by atoms with Gasteiger partial charge >= 0.3 is 0 Å². The number of halogens is 3. The average Bonchev–Trinajstić information content (AvgIpc) is 2.79. The number of aromatic nitrogens is 4. The molecule has 2 aromatic rings. The Hall–Kier alpha value is -1.01. The van der Waals surface area contributed by atoms with E-state index >= 15 is 0 Å². The predicted molar refractivity (Wildman–Crippen MR) is 131 cm³/mol. The Morgan fingerprint density at radius 3 is 2.06 bits per heavy atom. The van der Waals surface area contributed by atoms with Gasteiger partial charge in [-0.2, -0.15) is 0 Å². The van der Waals surface area contributed by atoms with Gasteiger partial charge in [0.05, 0.1) is 18.6 Å². The smallest absolute Gasteiger partial charge is 0.172 e. The molecule has 8 nitrogen and oxygen atoms in total. The fourth-order valence-electron chi connectivity index (χ4n) is 3.28. The lowest BCUT2D eigenvalue weighted by Crippen LogP contribution is -2.23. The molecule has 170 valence electrons. The van der Waals surface area contributed by atoms with Crippen LogP contribution in [0.25, 0.3) is 0 Å². The molecule has 0 saturated carbocycles. The van der Waals surface area contributed by atoms with Gasteiger partial charge in [0.2, 0.25) is 0 Å². The first-order valence-corrected chi connectivity index (χ1v) is 12.2. The molecule has 2 aliphatic rings. The van der Waals surface area contributed by atoms with Crippen molar-refractivity contribution in [3.63, 3.8) is 0 Å². The van der Waals surface area contributed by atoms with Gasteiger partial charge < -0.3 is 20.1 Å². The van der Waals surface area contributed by atoms with Crippen LogP contribution in [0.5, 0.6) is 0 Å². The van der Waals surface area contributed by atoms with E-state index in [1.807, 2.05) is 0 Å². The molecule has 2 fully saturated rings. The van der Waals surface area contributed by atoms with Crippen LogP contribution in [-0.4, -0.2) is 59.5 Å². The molecular formula is C20H27Cl2IN6O2. The van der Waals surface area contributed by atoms with E-state index in [1.54, 1.807) is 12.4 Å². The van der Waals surface area contributed by atoms with E-state index < -0.39 is 0 Å². The van der Waals surface area contributed by atoms with Crippen LogP contribution in [0.15, 0.2) is 18.6 Å². The summed E-state index contributed by atoms with van der Waals surface area (Å²) in [4.78, 5) is 16.4. The van der Waals surface area contributed by atoms with E-state index in [2.05, 4.69) is 53.2 Å². The van der Waals surface area contributed by atoms with Crippen LogP contribution in [0.3, 0.4) is 0 Å². The molecule has 31 heavy (non-hydrogen) atoms. The lowest BCUT2D eigenvalue weighted by Gasteiger charge is -2.22. The molecule has 2 aliphatic heterocycles. The molecule has 0 aliphatic carbocycles. The maximum atomic E-state index is 5.98. The van der Waals surface area contributed by atoms with Crippen LogP contribution < -0.4 is 10.6 Å². The van der Waals surface area contributed by atoms with Crippen molar-refractivity contribution in [1.29, 1.82) is 0 Å². The van der Waals surface area contributed by atoms with Gasteiger partial charge in [-0.3, -0.25) is 4.98 Å². The van der Waals surface area contributed by atoms with E-state index in [4.69, 9.17) is 32.7 Å². The summed E-state index contributed by atoms with van der Waals surface area (Å²) < 4.78 is 11.4. The summed E-state index contributed by atoms with van der Waals surface area (Å²) in [6.45, 7) is 5.26. The van der Waals surface area contributed by atoms with Crippen LogP contribution >= 0.6 is 45.8 Å². The van der Waals surface area contributed by atoms with E-state index in [0.717, 1.165) is 74.7 Å². The van der Waals surface area contributed by atoms with E-state index in [9.17, 15) is 0 Å². The SMILES string of the molecule is Clc1cncc(NCC2CCOCC2)n1.Clc1nc(I)cnc1NCC1CCOCC1. The minimum Gasteiger partial charge on any atom is -0.381 e. The van der Waals surface area contributed by atoms with Crippen LogP contribution in [-0.2, 0) is 9.47 Å². The molecule has 0 unspecified atom stereocenters. The molecule has 2 aromatic heterocycles. The van der Waals surface area contributed by atoms with Gasteiger partial charge in [0.1, 0.15) is 14.7 Å². The molecule has 2 N–H and O–H groups in total. The van der Waals surface area contributed by atoms with Crippen molar-refractivity contribution in [2.75, 3.05) is 50.2 Å². The van der Waals surface area contributed by atoms with Crippen LogP contribution in [0.2, 0.25) is 10.3 Å². The van der Waals surface area contributed by atoms with Gasteiger partial charge in [-0.1, -0.05) is 23.2 Å². The van der Waals surface area contributed by atoms with Crippen molar-refractivity contribution >= 4 is 57.4 Å². The summed E-state index contributed by atoms with van der Waals surface area (Å²) >= 11 is 13.8. The van der Waals surface area contributed by atoms with Crippen molar-refractivity contribution in [3.8, 4) is 0 Å². The number of hydrogen-bond donors (Lipinski definition) is 2. The van der Waals surface area contributed by atoms with Crippen molar-refractivity contribution in [2.24, 2.45) is 11.8 Å². The van der Waals surface area contributed by atoms with E-state index in [0.29, 0.717) is 28.0 Å². The number of nitrogens with one attached hydrogen (secondary N) is 2. The van der Waals surface area contributed by atoms with Gasteiger partial charge in [0.15, 0.2) is 11.0 Å². The summed E-state index contributed by atoms with van der Waals surface area (Å²) in [6, 6.07) is 0. The summed E-state index contributed by atoms with van der Waals surface area (Å²) in [7, 11) is 0. The first-order valence-electron chi connectivity index (χ1n) is 10.4. The Bertz CT molecular complexity index is 807. The van der Waals surface area contributed by atoms with Gasteiger partial charge in [-0.25, -0.2) is 15.0 Å². The monoisotopic (exact) mass is 580 g/mol. The molecule has 0 aromatic carbocycles. The van der Waals surface area contributed by atoms with Crippen molar-refractivity contribution < 1.29 is 9.47 Å². The van der Waals surface area contributed by atoms with Gasteiger partial charge in [0, 0.05) is 39.5 Å².